The normalized spacial score (nSPS) is 10.8. The van der Waals surface area contributed by atoms with Gasteiger partial charge >= 0.3 is 6.03 Å². The highest BCUT2D eigenvalue weighted by atomic mass is 19.1. The van der Waals surface area contributed by atoms with Gasteiger partial charge in [0.05, 0.1) is 11.4 Å². The first-order valence-electron chi connectivity index (χ1n) is 8.14. The molecule has 4 nitrogen and oxygen atoms in total. The van der Waals surface area contributed by atoms with Crippen molar-refractivity contribution in [2.45, 2.75) is 0 Å². The number of nitrogen functional groups attached to an aromatic ring is 1. The zero-order valence-corrected chi connectivity index (χ0v) is 13.8. The number of carbonyl (C=O) groups excluding carboxylic acids is 1. The molecular weight excluding hydrogens is 329 g/mol. The van der Waals surface area contributed by atoms with Gasteiger partial charge in [0.15, 0.2) is 0 Å². The Morgan fingerprint density at radius 2 is 1.50 bits per heavy atom. The Kier molecular flexibility index (Phi) is 3.89. The molecule has 3 aromatic carbocycles. The van der Waals surface area contributed by atoms with Crippen molar-refractivity contribution in [3.05, 3.63) is 84.9 Å². The van der Waals surface area contributed by atoms with Crippen LogP contribution < -0.4 is 11.1 Å². The molecule has 5 heteroatoms. The third-order valence-electron chi connectivity index (χ3n) is 4.26. The quantitative estimate of drug-likeness (QED) is 0.496. The highest BCUT2D eigenvalue weighted by molar-refractivity contribution is 5.98. The van der Waals surface area contributed by atoms with Crippen LogP contribution in [0.4, 0.5) is 20.6 Å². The molecule has 1 aromatic heterocycles. The Hall–Kier alpha value is -3.60. The number of anilines is 2. The minimum Gasteiger partial charge on any atom is -0.397 e. The van der Waals surface area contributed by atoms with Gasteiger partial charge in [-0.05, 0) is 46.2 Å². The van der Waals surface area contributed by atoms with Crippen LogP contribution in [0.15, 0.2) is 79.1 Å². The Morgan fingerprint density at radius 3 is 2.15 bits per heavy atom. The van der Waals surface area contributed by atoms with Crippen molar-refractivity contribution in [3.63, 3.8) is 0 Å². The van der Waals surface area contributed by atoms with Gasteiger partial charge in [-0.1, -0.05) is 42.5 Å². The first-order chi connectivity index (χ1) is 12.6. The number of halogens is 1. The van der Waals surface area contributed by atoms with E-state index in [1.165, 1.54) is 16.7 Å². The lowest BCUT2D eigenvalue weighted by atomic mass is 10.0. The number of nitrogens with zero attached hydrogens (tertiary/aromatic N) is 1. The summed E-state index contributed by atoms with van der Waals surface area (Å²) in [6.45, 7) is 0. The molecule has 1 amide bonds. The summed E-state index contributed by atoms with van der Waals surface area (Å²) in [6.07, 6.45) is 3.54. The van der Waals surface area contributed by atoms with E-state index in [1.807, 2.05) is 30.3 Å². The van der Waals surface area contributed by atoms with Crippen LogP contribution in [0.3, 0.4) is 0 Å². The minimum atomic E-state index is -0.302. The molecule has 0 aliphatic rings. The molecule has 0 unspecified atom stereocenters. The highest BCUT2D eigenvalue weighted by Gasteiger charge is 2.10. The molecule has 0 aliphatic heterocycles. The van der Waals surface area contributed by atoms with Crippen molar-refractivity contribution in [1.29, 1.82) is 0 Å². The molecule has 128 valence electrons. The molecule has 0 atom stereocenters. The largest absolute Gasteiger partial charge is 0.397 e. The lowest BCUT2D eigenvalue weighted by Crippen LogP contribution is -2.18. The van der Waals surface area contributed by atoms with Crippen LogP contribution in [0, 0.1) is 5.82 Å². The minimum absolute atomic E-state index is 0.294. The lowest BCUT2D eigenvalue weighted by Gasteiger charge is -2.11. The topological polar surface area (TPSA) is 60.0 Å². The van der Waals surface area contributed by atoms with Gasteiger partial charge in [-0.25, -0.2) is 9.18 Å². The second kappa shape index (κ2) is 6.37. The Bertz CT molecular complexity index is 1070. The van der Waals surface area contributed by atoms with E-state index in [0.717, 1.165) is 21.9 Å². The van der Waals surface area contributed by atoms with Crippen molar-refractivity contribution in [2.75, 3.05) is 11.1 Å². The summed E-state index contributed by atoms with van der Waals surface area (Å²) in [7, 11) is 0. The molecule has 0 fully saturated rings. The second-order valence-corrected chi connectivity index (χ2v) is 6.03. The number of hydrogen-bond donors (Lipinski definition) is 2. The van der Waals surface area contributed by atoms with E-state index in [4.69, 9.17) is 5.73 Å². The fourth-order valence-electron chi connectivity index (χ4n) is 2.87. The second-order valence-electron chi connectivity index (χ2n) is 6.03. The summed E-state index contributed by atoms with van der Waals surface area (Å²) in [4.78, 5) is 12.6. The van der Waals surface area contributed by atoms with Crippen LogP contribution in [0.2, 0.25) is 0 Å². The summed E-state index contributed by atoms with van der Waals surface area (Å²) in [6, 6.07) is 19.0. The maximum Gasteiger partial charge on any atom is 0.330 e. The molecule has 0 aliphatic carbocycles. The molecule has 0 spiro atoms. The van der Waals surface area contributed by atoms with Crippen LogP contribution in [0.5, 0.6) is 0 Å². The average molecular weight is 345 g/mol. The summed E-state index contributed by atoms with van der Waals surface area (Å²) >= 11 is 0. The summed E-state index contributed by atoms with van der Waals surface area (Å²) in [5.41, 5.74) is 8.66. The van der Waals surface area contributed by atoms with Crippen molar-refractivity contribution < 1.29 is 9.18 Å². The van der Waals surface area contributed by atoms with Gasteiger partial charge in [0.1, 0.15) is 5.82 Å². The van der Waals surface area contributed by atoms with Crippen molar-refractivity contribution in [1.82, 2.24) is 4.57 Å². The van der Waals surface area contributed by atoms with Gasteiger partial charge in [0, 0.05) is 12.4 Å². The van der Waals surface area contributed by atoms with Gasteiger partial charge in [-0.3, -0.25) is 4.57 Å². The number of rotatable bonds is 2. The van der Waals surface area contributed by atoms with Crippen LogP contribution in [0.25, 0.3) is 21.9 Å². The molecular formula is C21H16FN3O. The monoisotopic (exact) mass is 345 g/mol. The van der Waals surface area contributed by atoms with Crippen LogP contribution in [0.1, 0.15) is 0 Å². The van der Waals surface area contributed by atoms with Crippen molar-refractivity contribution in [3.8, 4) is 11.1 Å². The Labute approximate surface area is 149 Å². The Balaban J connectivity index is 1.63. The first-order valence-corrected chi connectivity index (χ1v) is 8.14. The van der Waals surface area contributed by atoms with Crippen LogP contribution in [-0.4, -0.2) is 10.6 Å². The molecule has 0 bridgehead atoms. The van der Waals surface area contributed by atoms with Gasteiger partial charge in [-0.15, -0.1) is 0 Å². The van der Waals surface area contributed by atoms with Gasteiger partial charge in [0.2, 0.25) is 0 Å². The van der Waals surface area contributed by atoms with E-state index in [1.54, 1.807) is 36.7 Å². The molecule has 0 saturated carbocycles. The van der Waals surface area contributed by atoms with Gasteiger partial charge < -0.3 is 11.1 Å². The number of fused-ring (bicyclic) bond motifs is 1. The van der Waals surface area contributed by atoms with E-state index in [9.17, 15) is 9.18 Å². The number of benzene rings is 3. The number of hydrogen-bond acceptors (Lipinski definition) is 2. The number of aromatic nitrogens is 1. The number of amides is 1. The van der Waals surface area contributed by atoms with Gasteiger partial charge in [0.25, 0.3) is 0 Å². The average Bonchev–Trinajstić information content (AvgIpc) is 3.09. The van der Waals surface area contributed by atoms with Gasteiger partial charge in [-0.2, -0.15) is 0 Å². The fourth-order valence-corrected chi connectivity index (χ4v) is 2.87. The third kappa shape index (κ3) is 3.02. The van der Waals surface area contributed by atoms with Crippen molar-refractivity contribution in [2.24, 2.45) is 0 Å². The van der Waals surface area contributed by atoms with Crippen LogP contribution >= 0.6 is 0 Å². The van der Waals surface area contributed by atoms with Crippen LogP contribution in [-0.2, 0) is 0 Å². The number of nitrogens with two attached hydrogens (primary N) is 1. The lowest BCUT2D eigenvalue weighted by molar-refractivity contribution is 0.253. The zero-order valence-electron chi connectivity index (χ0n) is 13.8. The standard InChI is InChI=1S/C21H16FN3O/c22-18-8-5-14(6-9-18)15-7-10-19(23)20(11-15)24-21(26)25-12-16-3-1-2-4-17(16)13-25/h1-13H,23H2,(H,24,26). The van der Waals surface area contributed by atoms with E-state index >= 15 is 0 Å². The van der Waals surface area contributed by atoms with Crippen molar-refractivity contribution >= 4 is 28.2 Å². The highest BCUT2D eigenvalue weighted by Crippen LogP contribution is 2.28. The molecule has 0 saturated heterocycles. The summed E-state index contributed by atoms with van der Waals surface area (Å²) < 4.78 is 14.6. The Morgan fingerprint density at radius 1 is 0.885 bits per heavy atom. The predicted molar refractivity (Wildman–Crippen MR) is 103 cm³/mol. The number of carbonyl (C=O) groups is 1. The predicted octanol–water partition coefficient (Wildman–Crippen LogP) is 5.11. The van der Waals surface area contributed by atoms with E-state index in [0.29, 0.717) is 11.4 Å². The van der Waals surface area contributed by atoms with E-state index in [2.05, 4.69) is 5.32 Å². The third-order valence-corrected chi connectivity index (χ3v) is 4.26. The first kappa shape index (κ1) is 15.9. The van der Waals surface area contributed by atoms with E-state index < -0.39 is 0 Å². The number of nitrogens with one attached hydrogen (secondary N) is 1. The fraction of sp³-hybridized carbons (Fsp3) is 0. The smallest absolute Gasteiger partial charge is 0.330 e. The molecule has 26 heavy (non-hydrogen) atoms. The summed E-state index contributed by atoms with van der Waals surface area (Å²) in [5, 5.41) is 4.80. The molecule has 3 N–H and O–H groups in total. The maximum absolute atomic E-state index is 13.1. The molecule has 1 heterocycles. The SMILES string of the molecule is Nc1ccc(-c2ccc(F)cc2)cc1NC(=O)n1cc2ccccc2c1. The molecule has 4 aromatic rings. The zero-order chi connectivity index (χ0) is 18.1. The molecule has 4 rings (SSSR count). The van der Waals surface area contributed by atoms with E-state index in [-0.39, 0.29) is 11.8 Å². The summed E-state index contributed by atoms with van der Waals surface area (Å²) in [5.74, 6) is -0.294. The molecule has 0 radical (unpaired) electrons. The maximum atomic E-state index is 13.1.